The molecule has 0 aliphatic heterocycles. The summed E-state index contributed by atoms with van der Waals surface area (Å²) in [6.07, 6.45) is -4.86. The number of carbonyl (C=O) groups excluding carboxylic acids is 1. The Balaban J connectivity index is 2.46. The molecule has 0 heterocycles. The van der Waals surface area contributed by atoms with E-state index >= 15 is 0 Å². The second-order valence-electron chi connectivity index (χ2n) is 4.49. The van der Waals surface area contributed by atoms with Gasteiger partial charge in [0.2, 0.25) is 0 Å². The highest BCUT2D eigenvalue weighted by atomic mass is 35.5. The molecule has 0 spiro atoms. The van der Waals surface area contributed by atoms with Crippen LogP contribution in [0.4, 0.5) is 17.6 Å². The number of halogens is 5. The lowest BCUT2D eigenvalue weighted by Gasteiger charge is -2.10. The van der Waals surface area contributed by atoms with Crippen molar-refractivity contribution in [3.05, 3.63) is 69.5 Å². The van der Waals surface area contributed by atoms with Crippen LogP contribution in [0.5, 0.6) is 0 Å². The number of aryl methyl sites for hydroxylation is 1. The number of rotatable bonds is 2. The van der Waals surface area contributed by atoms with Crippen molar-refractivity contribution in [1.29, 1.82) is 0 Å². The van der Waals surface area contributed by atoms with Crippen LogP contribution >= 0.6 is 11.6 Å². The molecule has 0 fully saturated rings. The highest BCUT2D eigenvalue weighted by Crippen LogP contribution is 2.32. The summed E-state index contributed by atoms with van der Waals surface area (Å²) >= 11 is 5.88. The molecule has 0 N–H and O–H groups in total. The fourth-order valence-corrected chi connectivity index (χ4v) is 1.97. The molecule has 0 aliphatic rings. The maximum atomic E-state index is 13.2. The lowest BCUT2D eigenvalue weighted by molar-refractivity contribution is -0.140. The quantitative estimate of drug-likeness (QED) is 0.560. The van der Waals surface area contributed by atoms with Crippen LogP contribution in [0, 0.1) is 12.7 Å². The molecule has 0 saturated heterocycles. The molecular formula is C15H9ClF4O. The first kappa shape index (κ1) is 15.5. The van der Waals surface area contributed by atoms with Crippen LogP contribution in [-0.2, 0) is 6.18 Å². The van der Waals surface area contributed by atoms with Crippen molar-refractivity contribution in [2.24, 2.45) is 0 Å². The van der Waals surface area contributed by atoms with Crippen molar-refractivity contribution in [3.63, 3.8) is 0 Å². The molecule has 1 nitrogen and oxygen atoms in total. The Kier molecular flexibility index (Phi) is 4.05. The van der Waals surface area contributed by atoms with Crippen molar-refractivity contribution in [2.75, 3.05) is 0 Å². The highest BCUT2D eigenvalue weighted by molar-refractivity contribution is 6.31. The monoisotopic (exact) mass is 316 g/mol. The van der Waals surface area contributed by atoms with E-state index in [1.54, 1.807) is 13.0 Å². The van der Waals surface area contributed by atoms with E-state index in [0.29, 0.717) is 17.2 Å². The van der Waals surface area contributed by atoms with Gasteiger partial charge in [-0.25, -0.2) is 4.39 Å². The minimum absolute atomic E-state index is 0.144. The molecule has 0 atom stereocenters. The molecule has 0 aliphatic carbocycles. The first-order chi connectivity index (χ1) is 9.70. The Morgan fingerprint density at radius 2 is 1.62 bits per heavy atom. The first-order valence-electron chi connectivity index (χ1n) is 5.88. The van der Waals surface area contributed by atoms with E-state index in [1.165, 1.54) is 12.1 Å². The zero-order valence-electron chi connectivity index (χ0n) is 10.8. The van der Waals surface area contributed by atoms with Crippen molar-refractivity contribution in [3.8, 4) is 0 Å². The van der Waals surface area contributed by atoms with Gasteiger partial charge in [0.1, 0.15) is 5.82 Å². The standard InChI is InChI=1S/C15H9ClF4O/c1-8-2-3-10(7-12(8)16)14(21)9-4-5-13(17)11(6-9)15(18,19)20/h2-7H,1H3. The van der Waals surface area contributed by atoms with Gasteiger partial charge in [0.25, 0.3) is 0 Å². The van der Waals surface area contributed by atoms with Crippen molar-refractivity contribution < 1.29 is 22.4 Å². The van der Waals surface area contributed by atoms with Gasteiger partial charge in [-0.2, -0.15) is 13.2 Å². The summed E-state index contributed by atoms with van der Waals surface area (Å²) in [5.74, 6) is -2.07. The Morgan fingerprint density at radius 3 is 2.19 bits per heavy atom. The number of hydrogen-bond acceptors (Lipinski definition) is 1. The lowest BCUT2D eigenvalue weighted by atomic mass is 10.00. The van der Waals surface area contributed by atoms with Crippen molar-refractivity contribution in [1.82, 2.24) is 0 Å². The number of carbonyl (C=O) groups is 1. The minimum atomic E-state index is -4.86. The molecule has 2 aromatic carbocycles. The number of alkyl halides is 3. The molecule has 0 bridgehead atoms. The SMILES string of the molecule is Cc1ccc(C(=O)c2ccc(F)c(C(F)(F)F)c2)cc1Cl. The predicted molar refractivity (Wildman–Crippen MR) is 71.0 cm³/mol. The molecule has 6 heteroatoms. The third-order valence-corrected chi connectivity index (χ3v) is 3.38. The van der Waals surface area contributed by atoms with Crippen LogP contribution < -0.4 is 0 Å². The van der Waals surface area contributed by atoms with Gasteiger partial charge in [-0.05, 0) is 36.8 Å². The molecule has 2 rings (SSSR count). The molecule has 2 aromatic rings. The summed E-state index contributed by atoms with van der Waals surface area (Å²) in [4.78, 5) is 12.2. The first-order valence-corrected chi connectivity index (χ1v) is 6.25. The van der Waals surface area contributed by atoms with Gasteiger partial charge in [0.05, 0.1) is 5.56 Å². The van der Waals surface area contributed by atoms with E-state index in [4.69, 9.17) is 11.6 Å². The zero-order chi connectivity index (χ0) is 15.8. The van der Waals surface area contributed by atoms with E-state index in [2.05, 4.69) is 0 Å². The topological polar surface area (TPSA) is 17.1 Å². The molecular weight excluding hydrogens is 308 g/mol. The second-order valence-corrected chi connectivity index (χ2v) is 4.89. The van der Waals surface area contributed by atoms with Crippen LogP contribution in [-0.4, -0.2) is 5.78 Å². The van der Waals surface area contributed by atoms with Gasteiger partial charge in [0.15, 0.2) is 5.78 Å². The van der Waals surface area contributed by atoms with Gasteiger partial charge in [0, 0.05) is 16.1 Å². The molecule has 0 unspecified atom stereocenters. The zero-order valence-corrected chi connectivity index (χ0v) is 11.5. The van der Waals surface area contributed by atoms with Crippen LogP contribution in [0.2, 0.25) is 5.02 Å². The second kappa shape index (κ2) is 5.48. The maximum absolute atomic E-state index is 13.2. The van der Waals surface area contributed by atoms with E-state index in [-0.39, 0.29) is 11.1 Å². The van der Waals surface area contributed by atoms with E-state index in [0.717, 1.165) is 11.6 Å². The third-order valence-electron chi connectivity index (χ3n) is 2.97. The Labute approximate surface area is 123 Å². The Hall–Kier alpha value is -1.88. The molecule has 110 valence electrons. The van der Waals surface area contributed by atoms with Gasteiger partial charge in [-0.1, -0.05) is 23.7 Å². The average Bonchev–Trinajstić information content (AvgIpc) is 2.40. The van der Waals surface area contributed by atoms with Crippen molar-refractivity contribution in [2.45, 2.75) is 13.1 Å². The fraction of sp³-hybridized carbons (Fsp3) is 0.133. The van der Waals surface area contributed by atoms with Crippen LogP contribution in [0.3, 0.4) is 0 Å². The number of ketones is 1. The maximum Gasteiger partial charge on any atom is 0.419 e. The largest absolute Gasteiger partial charge is 0.419 e. The van der Waals surface area contributed by atoms with Gasteiger partial charge in [-0.3, -0.25) is 4.79 Å². The van der Waals surface area contributed by atoms with Gasteiger partial charge >= 0.3 is 6.18 Å². The van der Waals surface area contributed by atoms with E-state index < -0.39 is 23.3 Å². The molecule has 0 saturated carbocycles. The smallest absolute Gasteiger partial charge is 0.289 e. The fourth-order valence-electron chi connectivity index (χ4n) is 1.78. The highest BCUT2D eigenvalue weighted by Gasteiger charge is 2.34. The van der Waals surface area contributed by atoms with Crippen LogP contribution in [0.1, 0.15) is 27.0 Å². The van der Waals surface area contributed by atoms with Gasteiger partial charge < -0.3 is 0 Å². The summed E-state index contributed by atoms with van der Waals surface area (Å²) in [6, 6.07) is 6.57. The third kappa shape index (κ3) is 3.24. The summed E-state index contributed by atoms with van der Waals surface area (Å²) in [5, 5.41) is 0.332. The van der Waals surface area contributed by atoms with Crippen LogP contribution in [0.15, 0.2) is 36.4 Å². The summed E-state index contributed by atoms with van der Waals surface area (Å²) in [6.45, 7) is 1.73. The molecule has 0 aromatic heterocycles. The van der Waals surface area contributed by atoms with E-state index in [1.807, 2.05) is 0 Å². The lowest BCUT2D eigenvalue weighted by Crippen LogP contribution is -2.11. The summed E-state index contributed by atoms with van der Waals surface area (Å²) in [7, 11) is 0. The molecule has 21 heavy (non-hydrogen) atoms. The summed E-state index contributed by atoms with van der Waals surface area (Å²) in [5.41, 5.74) is -0.830. The van der Waals surface area contributed by atoms with E-state index in [9.17, 15) is 22.4 Å². The molecule has 0 radical (unpaired) electrons. The normalized spacial score (nSPS) is 11.5. The number of hydrogen-bond donors (Lipinski definition) is 0. The Morgan fingerprint density at radius 1 is 1.05 bits per heavy atom. The predicted octanol–water partition coefficient (Wildman–Crippen LogP) is 5.04. The number of benzene rings is 2. The average molecular weight is 317 g/mol. The van der Waals surface area contributed by atoms with Crippen LogP contribution in [0.25, 0.3) is 0 Å². The Bertz CT molecular complexity index is 707. The summed E-state index contributed by atoms with van der Waals surface area (Å²) < 4.78 is 51.1. The van der Waals surface area contributed by atoms with Gasteiger partial charge in [-0.15, -0.1) is 0 Å². The molecule has 0 amide bonds. The minimum Gasteiger partial charge on any atom is -0.289 e. The van der Waals surface area contributed by atoms with Crippen molar-refractivity contribution >= 4 is 17.4 Å².